The van der Waals surface area contributed by atoms with Crippen LogP contribution in [-0.2, 0) is 4.79 Å². The van der Waals surface area contributed by atoms with Crippen molar-refractivity contribution < 1.29 is 14.7 Å². The van der Waals surface area contributed by atoms with Gasteiger partial charge in [-0.05, 0) is 18.1 Å². The van der Waals surface area contributed by atoms with Crippen molar-refractivity contribution in [3.63, 3.8) is 0 Å². The first-order chi connectivity index (χ1) is 7.91. The lowest BCUT2D eigenvalue weighted by molar-refractivity contribution is -0.140. The third kappa shape index (κ3) is 3.71. The number of pyridine rings is 1. The van der Waals surface area contributed by atoms with Crippen LogP contribution in [0.3, 0.4) is 0 Å². The van der Waals surface area contributed by atoms with Crippen LogP contribution >= 0.6 is 11.6 Å². The largest absolute Gasteiger partial charge is 0.480 e. The second-order valence-electron chi connectivity index (χ2n) is 3.88. The van der Waals surface area contributed by atoms with Gasteiger partial charge in [0.25, 0.3) is 5.91 Å². The highest BCUT2D eigenvalue weighted by Gasteiger charge is 2.24. The highest BCUT2D eigenvalue weighted by Crippen LogP contribution is 2.07. The van der Waals surface area contributed by atoms with Gasteiger partial charge in [0.15, 0.2) is 0 Å². The maximum Gasteiger partial charge on any atom is 0.326 e. The van der Waals surface area contributed by atoms with Crippen molar-refractivity contribution >= 4 is 23.5 Å². The molecule has 0 radical (unpaired) electrons. The first kappa shape index (κ1) is 13.4. The van der Waals surface area contributed by atoms with Crippen molar-refractivity contribution in [3.8, 4) is 0 Å². The van der Waals surface area contributed by atoms with Crippen molar-refractivity contribution in [3.05, 3.63) is 29.0 Å². The fraction of sp³-hybridized carbons (Fsp3) is 0.364. The minimum Gasteiger partial charge on any atom is -0.480 e. The Morgan fingerprint density at radius 1 is 1.41 bits per heavy atom. The van der Waals surface area contributed by atoms with Crippen molar-refractivity contribution in [2.45, 2.75) is 19.9 Å². The molecule has 0 saturated heterocycles. The molecule has 1 unspecified atom stereocenters. The zero-order valence-electron chi connectivity index (χ0n) is 9.48. The molecule has 17 heavy (non-hydrogen) atoms. The highest BCUT2D eigenvalue weighted by molar-refractivity contribution is 6.29. The fourth-order valence-corrected chi connectivity index (χ4v) is 1.43. The number of rotatable bonds is 4. The van der Waals surface area contributed by atoms with Crippen molar-refractivity contribution in [1.82, 2.24) is 10.3 Å². The first-order valence-electron chi connectivity index (χ1n) is 5.08. The molecule has 92 valence electrons. The number of hydrogen-bond donors (Lipinski definition) is 2. The molecule has 6 heteroatoms. The van der Waals surface area contributed by atoms with Crippen LogP contribution in [0.25, 0.3) is 0 Å². The summed E-state index contributed by atoms with van der Waals surface area (Å²) in [5, 5.41) is 11.5. The maximum atomic E-state index is 11.7. The molecule has 1 heterocycles. The van der Waals surface area contributed by atoms with Crippen molar-refractivity contribution in [2.75, 3.05) is 0 Å². The van der Waals surface area contributed by atoms with Gasteiger partial charge in [-0.2, -0.15) is 0 Å². The van der Waals surface area contributed by atoms with Crippen LogP contribution in [-0.4, -0.2) is 28.0 Å². The number of aromatic nitrogens is 1. The zero-order chi connectivity index (χ0) is 13.0. The summed E-state index contributed by atoms with van der Waals surface area (Å²) >= 11 is 5.64. The molecular weight excluding hydrogens is 244 g/mol. The van der Waals surface area contributed by atoms with E-state index in [4.69, 9.17) is 16.7 Å². The molecule has 0 spiro atoms. The number of carboxylic acid groups (broad SMARTS) is 1. The lowest BCUT2D eigenvalue weighted by Gasteiger charge is -2.17. The number of aliphatic carboxylic acids is 1. The Morgan fingerprint density at radius 3 is 2.53 bits per heavy atom. The number of nitrogens with zero attached hydrogens (tertiary/aromatic N) is 1. The van der Waals surface area contributed by atoms with Gasteiger partial charge >= 0.3 is 5.97 Å². The molecular formula is C11H13ClN2O3. The molecule has 2 N–H and O–H groups in total. The molecule has 0 aliphatic rings. The zero-order valence-corrected chi connectivity index (χ0v) is 10.2. The monoisotopic (exact) mass is 256 g/mol. The Balaban J connectivity index is 2.81. The number of carboxylic acids is 1. The van der Waals surface area contributed by atoms with Crippen molar-refractivity contribution in [2.24, 2.45) is 5.92 Å². The molecule has 0 aliphatic carbocycles. The van der Waals surface area contributed by atoms with Gasteiger partial charge < -0.3 is 10.4 Å². The van der Waals surface area contributed by atoms with Gasteiger partial charge in [0.05, 0.1) is 0 Å². The summed E-state index contributed by atoms with van der Waals surface area (Å²) in [6, 6.07) is 3.65. The average Bonchev–Trinajstić information content (AvgIpc) is 2.24. The number of carbonyl (C=O) groups is 2. The summed E-state index contributed by atoms with van der Waals surface area (Å²) in [6.07, 6.45) is 0. The molecule has 0 fully saturated rings. The van der Waals surface area contributed by atoms with E-state index in [1.54, 1.807) is 19.9 Å². The van der Waals surface area contributed by atoms with E-state index in [-0.39, 0.29) is 16.8 Å². The lowest BCUT2D eigenvalue weighted by atomic mass is 10.0. The third-order valence-electron chi connectivity index (χ3n) is 2.17. The molecule has 1 rings (SSSR count). The van der Waals surface area contributed by atoms with E-state index in [0.717, 1.165) is 0 Å². The Morgan fingerprint density at radius 2 is 2.06 bits per heavy atom. The second kappa shape index (κ2) is 5.63. The number of hydrogen-bond acceptors (Lipinski definition) is 3. The van der Waals surface area contributed by atoms with Gasteiger partial charge in [-0.25, -0.2) is 9.78 Å². The standard InChI is InChI=1S/C11H13ClN2O3/c1-6(2)9(11(16)17)14-10(15)7-4-3-5-8(12)13-7/h3-6,9H,1-2H3,(H,14,15)(H,16,17). The van der Waals surface area contributed by atoms with E-state index in [0.29, 0.717) is 0 Å². The molecule has 1 amide bonds. The molecule has 0 saturated carbocycles. The van der Waals surface area contributed by atoms with Gasteiger partial charge in [0.2, 0.25) is 0 Å². The van der Waals surface area contributed by atoms with E-state index in [1.807, 2.05) is 0 Å². The minimum absolute atomic E-state index is 0.101. The quantitative estimate of drug-likeness (QED) is 0.802. The van der Waals surface area contributed by atoms with Crippen LogP contribution < -0.4 is 5.32 Å². The summed E-state index contributed by atoms with van der Waals surface area (Å²) in [5.41, 5.74) is 0.101. The van der Waals surface area contributed by atoms with E-state index in [2.05, 4.69) is 10.3 Å². The van der Waals surface area contributed by atoms with Gasteiger partial charge in [-0.15, -0.1) is 0 Å². The van der Waals surface area contributed by atoms with Crippen LogP contribution in [0.5, 0.6) is 0 Å². The third-order valence-corrected chi connectivity index (χ3v) is 2.38. The molecule has 0 aliphatic heterocycles. The molecule has 5 nitrogen and oxygen atoms in total. The Labute approximate surface area is 104 Å². The first-order valence-corrected chi connectivity index (χ1v) is 5.46. The molecule has 1 aromatic heterocycles. The van der Waals surface area contributed by atoms with Crippen molar-refractivity contribution in [1.29, 1.82) is 0 Å². The predicted molar refractivity (Wildman–Crippen MR) is 63.0 cm³/mol. The van der Waals surface area contributed by atoms with Crippen LogP contribution in [0.1, 0.15) is 24.3 Å². The molecule has 1 atom stereocenters. The molecule has 0 aromatic carbocycles. The van der Waals surface area contributed by atoms with Gasteiger partial charge in [-0.1, -0.05) is 31.5 Å². The number of halogens is 1. The predicted octanol–water partition coefficient (Wildman–Crippen LogP) is 1.57. The van der Waals surface area contributed by atoms with E-state index >= 15 is 0 Å². The van der Waals surface area contributed by atoms with Crippen LogP contribution in [0.2, 0.25) is 5.15 Å². The SMILES string of the molecule is CC(C)C(NC(=O)c1cccc(Cl)n1)C(=O)O. The van der Waals surface area contributed by atoms with Crippen LogP contribution in [0.15, 0.2) is 18.2 Å². The summed E-state index contributed by atoms with van der Waals surface area (Å²) in [5.74, 6) is -1.83. The second-order valence-corrected chi connectivity index (χ2v) is 4.27. The summed E-state index contributed by atoms with van der Waals surface area (Å²) in [7, 11) is 0. The molecule has 1 aromatic rings. The summed E-state index contributed by atoms with van der Waals surface area (Å²) in [4.78, 5) is 26.4. The highest BCUT2D eigenvalue weighted by atomic mass is 35.5. The fourth-order valence-electron chi connectivity index (χ4n) is 1.26. The maximum absolute atomic E-state index is 11.7. The Bertz CT molecular complexity index is 434. The van der Waals surface area contributed by atoms with E-state index < -0.39 is 17.9 Å². The average molecular weight is 257 g/mol. The van der Waals surface area contributed by atoms with Gasteiger partial charge in [0, 0.05) is 0 Å². The van der Waals surface area contributed by atoms with E-state index in [9.17, 15) is 9.59 Å². The minimum atomic E-state index is -1.07. The lowest BCUT2D eigenvalue weighted by Crippen LogP contribution is -2.44. The number of nitrogens with one attached hydrogen (secondary N) is 1. The van der Waals surface area contributed by atoms with Crippen LogP contribution in [0.4, 0.5) is 0 Å². The van der Waals surface area contributed by atoms with Gasteiger partial charge in [-0.3, -0.25) is 4.79 Å². The topological polar surface area (TPSA) is 79.3 Å². The molecule has 0 bridgehead atoms. The van der Waals surface area contributed by atoms with E-state index in [1.165, 1.54) is 12.1 Å². The van der Waals surface area contributed by atoms with Crippen LogP contribution in [0, 0.1) is 5.92 Å². The number of carbonyl (C=O) groups excluding carboxylic acids is 1. The smallest absolute Gasteiger partial charge is 0.326 e. The Hall–Kier alpha value is -1.62. The number of amides is 1. The summed E-state index contributed by atoms with van der Waals surface area (Å²) < 4.78 is 0. The normalized spacial score (nSPS) is 12.2. The summed E-state index contributed by atoms with van der Waals surface area (Å²) in [6.45, 7) is 3.43. The Kier molecular flexibility index (Phi) is 4.45. The van der Waals surface area contributed by atoms with Gasteiger partial charge in [0.1, 0.15) is 16.9 Å².